The Hall–Kier alpha value is -2.77. The van der Waals surface area contributed by atoms with E-state index in [2.05, 4.69) is 20.6 Å². The van der Waals surface area contributed by atoms with Crippen LogP contribution in [0.15, 0.2) is 53.9 Å². The summed E-state index contributed by atoms with van der Waals surface area (Å²) in [6.07, 6.45) is 0. The van der Waals surface area contributed by atoms with Crippen LogP contribution in [0, 0.1) is 6.92 Å². The maximum absolute atomic E-state index is 12.4. The summed E-state index contributed by atoms with van der Waals surface area (Å²) in [6.45, 7) is 2.01. The molecule has 124 valence electrons. The molecule has 25 heavy (non-hydrogen) atoms. The summed E-state index contributed by atoms with van der Waals surface area (Å²) >= 11 is 2.85. The zero-order valence-corrected chi connectivity index (χ0v) is 14.9. The van der Waals surface area contributed by atoms with E-state index in [1.807, 2.05) is 55.5 Å². The Balaban J connectivity index is 1.50. The molecule has 2 aromatic carbocycles. The number of benzene rings is 2. The molecule has 1 amide bonds. The first-order valence-corrected chi connectivity index (χ1v) is 9.34. The summed E-state index contributed by atoms with van der Waals surface area (Å²) in [5.74, 6) is -0.255. The fourth-order valence-electron chi connectivity index (χ4n) is 2.38. The number of para-hydroxylation sites is 2. The molecular weight excluding hydrogens is 352 g/mol. The zero-order valence-electron chi connectivity index (χ0n) is 13.3. The summed E-state index contributed by atoms with van der Waals surface area (Å²) in [7, 11) is 0. The summed E-state index contributed by atoms with van der Waals surface area (Å²) < 4.78 is 1.06. The molecular formula is C18H14N4OS2. The highest BCUT2D eigenvalue weighted by molar-refractivity contribution is 7.22. The Bertz CT molecular complexity index is 1040. The maximum atomic E-state index is 12.4. The predicted molar refractivity (Wildman–Crippen MR) is 104 cm³/mol. The number of carbonyl (C=O) groups excluding carboxylic acids is 1. The third kappa shape index (κ3) is 3.38. The fourth-order valence-corrected chi connectivity index (χ4v) is 4.03. The van der Waals surface area contributed by atoms with Gasteiger partial charge in [0.25, 0.3) is 5.91 Å². The molecule has 5 nitrogen and oxygen atoms in total. The Labute approximate surface area is 152 Å². The van der Waals surface area contributed by atoms with E-state index in [-0.39, 0.29) is 5.91 Å². The average Bonchev–Trinajstić information content (AvgIpc) is 3.23. The molecule has 0 fully saturated rings. The van der Waals surface area contributed by atoms with Gasteiger partial charge in [-0.15, -0.1) is 11.3 Å². The number of nitrogens with one attached hydrogen (secondary N) is 2. The molecule has 0 radical (unpaired) electrons. The SMILES string of the molecule is Cc1cccc2sc(NC(=O)c3csc(Nc4ccccc4)n3)nc12. The minimum absolute atomic E-state index is 0.255. The lowest BCUT2D eigenvalue weighted by Gasteiger charge is -2.01. The molecule has 0 saturated carbocycles. The van der Waals surface area contributed by atoms with Gasteiger partial charge in [-0.25, -0.2) is 9.97 Å². The lowest BCUT2D eigenvalue weighted by Crippen LogP contribution is -2.12. The van der Waals surface area contributed by atoms with Crippen LogP contribution >= 0.6 is 22.7 Å². The Morgan fingerprint density at radius 3 is 2.64 bits per heavy atom. The smallest absolute Gasteiger partial charge is 0.276 e. The van der Waals surface area contributed by atoms with Crippen molar-refractivity contribution < 1.29 is 4.79 Å². The Morgan fingerprint density at radius 2 is 1.84 bits per heavy atom. The second-order valence-electron chi connectivity index (χ2n) is 5.42. The molecule has 0 saturated heterocycles. The number of anilines is 3. The van der Waals surface area contributed by atoms with E-state index < -0.39 is 0 Å². The second-order valence-corrected chi connectivity index (χ2v) is 7.31. The van der Waals surface area contributed by atoms with E-state index in [9.17, 15) is 4.79 Å². The van der Waals surface area contributed by atoms with E-state index >= 15 is 0 Å². The summed E-state index contributed by atoms with van der Waals surface area (Å²) in [5, 5.41) is 9.02. The van der Waals surface area contributed by atoms with E-state index in [4.69, 9.17) is 0 Å². The van der Waals surface area contributed by atoms with Crippen molar-refractivity contribution in [2.75, 3.05) is 10.6 Å². The Kier molecular flexibility index (Phi) is 4.17. The van der Waals surface area contributed by atoms with Gasteiger partial charge in [-0.1, -0.05) is 41.7 Å². The van der Waals surface area contributed by atoms with Gasteiger partial charge >= 0.3 is 0 Å². The monoisotopic (exact) mass is 366 g/mol. The van der Waals surface area contributed by atoms with Crippen molar-refractivity contribution in [2.24, 2.45) is 0 Å². The molecule has 0 atom stereocenters. The number of hydrogen-bond donors (Lipinski definition) is 2. The molecule has 0 spiro atoms. The van der Waals surface area contributed by atoms with Gasteiger partial charge in [0.1, 0.15) is 5.69 Å². The molecule has 0 aliphatic carbocycles. The molecule has 2 N–H and O–H groups in total. The van der Waals surface area contributed by atoms with Crippen molar-refractivity contribution >= 4 is 54.7 Å². The van der Waals surface area contributed by atoms with Crippen LogP contribution in [0.2, 0.25) is 0 Å². The largest absolute Gasteiger partial charge is 0.332 e. The van der Waals surface area contributed by atoms with Gasteiger partial charge in [0.2, 0.25) is 0 Å². The quantitative estimate of drug-likeness (QED) is 0.530. The van der Waals surface area contributed by atoms with Crippen LogP contribution in [-0.2, 0) is 0 Å². The Morgan fingerprint density at radius 1 is 1.00 bits per heavy atom. The topological polar surface area (TPSA) is 66.9 Å². The van der Waals surface area contributed by atoms with Crippen molar-refractivity contribution in [2.45, 2.75) is 6.92 Å². The van der Waals surface area contributed by atoms with Crippen LogP contribution in [0.4, 0.5) is 16.0 Å². The third-order valence-electron chi connectivity index (χ3n) is 3.60. The van der Waals surface area contributed by atoms with Gasteiger partial charge < -0.3 is 5.32 Å². The first kappa shape index (κ1) is 15.7. The molecule has 7 heteroatoms. The van der Waals surface area contributed by atoms with E-state index in [0.717, 1.165) is 21.5 Å². The predicted octanol–water partition coefficient (Wildman–Crippen LogP) is 5.06. The van der Waals surface area contributed by atoms with Crippen molar-refractivity contribution in [3.63, 3.8) is 0 Å². The van der Waals surface area contributed by atoms with Gasteiger partial charge in [-0.05, 0) is 30.7 Å². The molecule has 4 rings (SSSR count). The van der Waals surface area contributed by atoms with Gasteiger partial charge in [-0.3, -0.25) is 10.1 Å². The number of amides is 1. The summed E-state index contributed by atoms with van der Waals surface area (Å²) in [5.41, 5.74) is 3.33. The third-order valence-corrected chi connectivity index (χ3v) is 5.30. The van der Waals surface area contributed by atoms with Gasteiger partial charge in [0.15, 0.2) is 10.3 Å². The van der Waals surface area contributed by atoms with Crippen molar-refractivity contribution in [3.8, 4) is 0 Å². The van der Waals surface area contributed by atoms with Crippen LogP contribution in [0.25, 0.3) is 10.2 Å². The number of fused-ring (bicyclic) bond motifs is 1. The minimum Gasteiger partial charge on any atom is -0.332 e. The van der Waals surface area contributed by atoms with E-state index in [1.165, 1.54) is 22.7 Å². The highest BCUT2D eigenvalue weighted by Crippen LogP contribution is 2.28. The molecule has 0 aliphatic heterocycles. The maximum Gasteiger partial charge on any atom is 0.276 e. The molecule has 0 bridgehead atoms. The lowest BCUT2D eigenvalue weighted by atomic mass is 10.2. The standard InChI is InChI=1S/C18H14N4OS2/c1-11-6-5-9-14-15(11)21-18(25-14)22-16(23)13-10-24-17(20-13)19-12-7-3-2-4-8-12/h2-10H,1H3,(H,19,20)(H,21,22,23). The number of rotatable bonds is 4. The number of thiazole rings is 2. The summed E-state index contributed by atoms with van der Waals surface area (Å²) in [4.78, 5) is 21.3. The van der Waals surface area contributed by atoms with Crippen LogP contribution in [-0.4, -0.2) is 15.9 Å². The first-order valence-electron chi connectivity index (χ1n) is 7.64. The van der Waals surface area contributed by atoms with Crippen molar-refractivity contribution in [3.05, 3.63) is 65.2 Å². The lowest BCUT2D eigenvalue weighted by molar-refractivity contribution is 0.102. The molecule has 2 aromatic heterocycles. The van der Waals surface area contributed by atoms with Gasteiger partial charge in [0, 0.05) is 11.1 Å². The molecule has 4 aromatic rings. The van der Waals surface area contributed by atoms with E-state index in [1.54, 1.807) is 5.38 Å². The number of aryl methyl sites for hydroxylation is 1. The highest BCUT2D eigenvalue weighted by Gasteiger charge is 2.14. The normalized spacial score (nSPS) is 10.8. The van der Waals surface area contributed by atoms with Crippen LogP contribution in [0.3, 0.4) is 0 Å². The van der Waals surface area contributed by atoms with Crippen molar-refractivity contribution in [1.29, 1.82) is 0 Å². The van der Waals surface area contributed by atoms with Crippen LogP contribution < -0.4 is 10.6 Å². The molecule has 0 aliphatic rings. The van der Waals surface area contributed by atoms with Crippen molar-refractivity contribution in [1.82, 2.24) is 9.97 Å². The molecule has 0 unspecified atom stereocenters. The van der Waals surface area contributed by atoms with Crippen LogP contribution in [0.5, 0.6) is 0 Å². The minimum atomic E-state index is -0.255. The van der Waals surface area contributed by atoms with E-state index in [0.29, 0.717) is 16.0 Å². The fraction of sp³-hybridized carbons (Fsp3) is 0.0556. The zero-order chi connectivity index (χ0) is 17.2. The number of hydrogen-bond acceptors (Lipinski definition) is 6. The number of aromatic nitrogens is 2. The van der Waals surface area contributed by atoms with Gasteiger partial charge in [0.05, 0.1) is 10.2 Å². The molecule has 2 heterocycles. The number of nitrogens with zero attached hydrogens (tertiary/aromatic N) is 2. The van der Waals surface area contributed by atoms with Gasteiger partial charge in [-0.2, -0.15) is 0 Å². The van der Waals surface area contributed by atoms with Crippen LogP contribution in [0.1, 0.15) is 16.1 Å². The highest BCUT2D eigenvalue weighted by atomic mass is 32.1. The summed E-state index contributed by atoms with van der Waals surface area (Å²) in [6, 6.07) is 15.7. The first-order chi connectivity index (χ1) is 12.2. The second kappa shape index (κ2) is 6.62. The number of carbonyl (C=O) groups is 1. The average molecular weight is 366 g/mol.